The van der Waals surface area contributed by atoms with Crippen LogP contribution >= 0.6 is 0 Å². The number of nitrogens with one attached hydrogen (secondary N) is 1. The van der Waals surface area contributed by atoms with Crippen molar-refractivity contribution in [3.63, 3.8) is 0 Å². The van der Waals surface area contributed by atoms with Crippen molar-refractivity contribution in [1.82, 2.24) is 15.1 Å². The minimum atomic E-state index is 0.468. The van der Waals surface area contributed by atoms with E-state index in [4.69, 9.17) is 0 Å². The number of nitrogens with zero attached hydrogens (tertiary/aromatic N) is 2. The summed E-state index contributed by atoms with van der Waals surface area (Å²) in [5.74, 6) is 1.48. The van der Waals surface area contributed by atoms with Crippen LogP contribution in [0.3, 0.4) is 0 Å². The fraction of sp³-hybridized carbons (Fsp3) is 0.769. The standard InChI is InChI=1S/C13H23N3/c1-4-11-7-14-6-5-13(11)12-8-15-16(9-12)10(2)3/h8-11,13-14H,4-7H2,1-3H3. The van der Waals surface area contributed by atoms with Crippen LogP contribution in [0, 0.1) is 5.92 Å². The molecule has 3 heteroatoms. The average Bonchev–Trinajstić information content (AvgIpc) is 2.78. The normalized spacial score (nSPS) is 26.2. The second-order valence-corrected chi connectivity index (χ2v) is 5.12. The molecule has 90 valence electrons. The highest BCUT2D eigenvalue weighted by molar-refractivity contribution is 5.14. The molecular weight excluding hydrogens is 198 g/mol. The van der Waals surface area contributed by atoms with E-state index in [0.29, 0.717) is 12.0 Å². The number of hydrogen-bond donors (Lipinski definition) is 1. The van der Waals surface area contributed by atoms with Crippen molar-refractivity contribution in [2.24, 2.45) is 5.92 Å². The van der Waals surface area contributed by atoms with Crippen molar-refractivity contribution >= 4 is 0 Å². The van der Waals surface area contributed by atoms with Crippen molar-refractivity contribution in [2.75, 3.05) is 13.1 Å². The Balaban J connectivity index is 2.14. The second-order valence-electron chi connectivity index (χ2n) is 5.12. The summed E-state index contributed by atoms with van der Waals surface area (Å²) in [4.78, 5) is 0. The molecule has 0 spiro atoms. The first-order valence-electron chi connectivity index (χ1n) is 6.47. The van der Waals surface area contributed by atoms with Gasteiger partial charge in [-0.2, -0.15) is 5.10 Å². The molecule has 0 saturated carbocycles. The van der Waals surface area contributed by atoms with Gasteiger partial charge in [0.1, 0.15) is 0 Å². The Kier molecular flexibility index (Phi) is 3.64. The van der Waals surface area contributed by atoms with Crippen LogP contribution in [0.1, 0.15) is 51.1 Å². The van der Waals surface area contributed by atoms with Gasteiger partial charge in [-0.15, -0.1) is 0 Å². The summed E-state index contributed by atoms with van der Waals surface area (Å²) in [6.45, 7) is 8.95. The first-order chi connectivity index (χ1) is 7.72. The monoisotopic (exact) mass is 221 g/mol. The minimum Gasteiger partial charge on any atom is -0.316 e. The zero-order valence-electron chi connectivity index (χ0n) is 10.6. The van der Waals surface area contributed by atoms with E-state index >= 15 is 0 Å². The minimum absolute atomic E-state index is 0.468. The number of hydrogen-bond acceptors (Lipinski definition) is 2. The van der Waals surface area contributed by atoms with Crippen molar-refractivity contribution in [3.8, 4) is 0 Å². The Morgan fingerprint density at radius 2 is 2.38 bits per heavy atom. The highest BCUT2D eigenvalue weighted by Gasteiger charge is 2.25. The highest BCUT2D eigenvalue weighted by Crippen LogP contribution is 2.32. The molecule has 0 amide bonds. The van der Waals surface area contributed by atoms with Gasteiger partial charge in [0.2, 0.25) is 0 Å². The van der Waals surface area contributed by atoms with Gasteiger partial charge in [-0.25, -0.2) is 0 Å². The van der Waals surface area contributed by atoms with E-state index in [2.05, 4.69) is 48.3 Å². The van der Waals surface area contributed by atoms with Crippen LogP contribution in [0.5, 0.6) is 0 Å². The van der Waals surface area contributed by atoms with Gasteiger partial charge >= 0.3 is 0 Å². The Morgan fingerprint density at radius 1 is 1.56 bits per heavy atom. The Morgan fingerprint density at radius 3 is 3.00 bits per heavy atom. The molecule has 2 atom stereocenters. The molecule has 1 fully saturated rings. The molecule has 2 unspecified atom stereocenters. The van der Waals surface area contributed by atoms with Crippen LogP contribution in [0.15, 0.2) is 12.4 Å². The molecular formula is C13H23N3. The van der Waals surface area contributed by atoms with E-state index in [9.17, 15) is 0 Å². The summed E-state index contributed by atoms with van der Waals surface area (Å²) < 4.78 is 2.07. The molecule has 1 aromatic heterocycles. The van der Waals surface area contributed by atoms with Gasteiger partial charge in [0.05, 0.1) is 6.20 Å². The van der Waals surface area contributed by atoms with Crippen LogP contribution in [0.25, 0.3) is 0 Å². The van der Waals surface area contributed by atoms with Gasteiger partial charge < -0.3 is 5.32 Å². The molecule has 2 rings (SSSR count). The maximum absolute atomic E-state index is 4.46. The maximum Gasteiger partial charge on any atom is 0.0524 e. The lowest BCUT2D eigenvalue weighted by Gasteiger charge is -2.30. The summed E-state index contributed by atoms with van der Waals surface area (Å²) in [7, 11) is 0. The molecule has 0 bridgehead atoms. The quantitative estimate of drug-likeness (QED) is 0.850. The molecule has 1 saturated heterocycles. The molecule has 16 heavy (non-hydrogen) atoms. The molecule has 2 heterocycles. The summed E-state index contributed by atoms with van der Waals surface area (Å²) in [5.41, 5.74) is 1.43. The maximum atomic E-state index is 4.46. The topological polar surface area (TPSA) is 29.9 Å². The van der Waals surface area contributed by atoms with Gasteiger partial charge in [0.25, 0.3) is 0 Å². The fourth-order valence-electron chi connectivity index (χ4n) is 2.62. The third-order valence-corrected chi connectivity index (χ3v) is 3.71. The molecule has 1 aliphatic heterocycles. The lowest BCUT2D eigenvalue weighted by atomic mass is 9.81. The van der Waals surface area contributed by atoms with E-state index in [1.165, 1.54) is 18.4 Å². The van der Waals surface area contributed by atoms with Gasteiger partial charge in [-0.1, -0.05) is 13.3 Å². The molecule has 1 aromatic rings. The summed E-state index contributed by atoms with van der Waals surface area (Å²) in [5, 5.41) is 7.94. The predicted octanol–water partition coefficient (Wildman–Crippen LogP) is 2.57. The van der Waals surface area contributed by atoms with E-state index in [-0.39, 0.29) is 0 Å². The molecule has 1 aliphatic rings. The van der Waals surface area contributed by atoms with E-state index < -0.39 is 0 Å². The molecule has 3 nitrogen and oxygen atoms in total. The Bertz CT molecular complexity index is 330. The van der Waals surface area contributed by atoms with Crippen molar-refractivity contribution in [2.45, 2.75) is 45.6 Å². The average molecular weight is 221 g/mol. The Labute approximate surface area is 98.2 Å². The zero-order chi connectivity index (χ0) is 11.5. The highest BCUT2D eigenvalue weighted by atomic mass is 15.3. The Hall–Kier alpha value is -0.830. The van der Waals surface area contributed by atoms with Crippen LogP contribution in [0.4, 0.5) is 0 Å². The zero-order valence-corrected chi connectivity index (χ0v) is 10.6. The fourth-order valence-corrected chi connectivity index (χ4v) is 2.62. The molecule has 0 aliphatic carbocycles. The number of rotatable bonds is 3. The molecule has 0 aromatic carbocycles. The first-order valence-corrected chi connectivity index (χ1v) is 6.47. The smallest absolute Gasteiger partial charge is 0.0524 e. The van der Waals surface area contributed by atoms with Crippen molar-refractivity contribution in [1.29, 1.82) is 0 Å². The number of piperidine rings is 1. The number of aromatic nitrogens is 2. The van der Waals surface area contributed by atoms with Crippen LogP contribution in [-0.4, -0.2) is 22.9 Å². The van der Waals surface area contributed by atoms with Gasteiger partial charge in [-0.3, -0.25) is 4.68 Å². The van der Waals surface area contributed by atoms with E-state index in [1.54, 1.807) is 0 Å². The van der Waals surface area contributed by atoms with Crippen LogP contribution in [0.2, 0.25) is 0 Å². The van der Waals surface area contributed by atoms with Gasteiger partial charge in [0, 0.05) is 12.2 Å². The molecule has 0 radical (unpaired) electrons. The van der Waals surface area contributed by atoms with Crippen LogP contribution < -0.4 is 5.32 Å². The van der Waals surface area contributed by atoms with Crippen molar-refractivity contribution < 1.29 is 0 Å². The van der Waals surface area contributed by atoms with Crippen LogP contribution in [-0.2, 0) is 0 Å². The summed E-state index contributed by atoms with van der Waals surface area (Å²) in [6.07, 6.45) is 6.81. The lowest BCUT2D eigenvalue weighted by Crippen LogP contribution is -2.34. The third kappa shape index (κ3) is 2.29. The largest absolute Gasteiger partial charge is 0.316 e. The van der Waals surface area contributed by atoms with E-state index in [1.807, 2.05) is 0 Å². The summed E-state index contributed by atoms with van der Waals surface area (Å²) >= 11 is 0. The third-order valence-electron chi connectivity index (χ3n) is 3.71. The first kappa shape index (κ1) is 11.6. The van der Waals surface area contributed by atoms with Gasteiger partial charge in [0.15, 0.2) is 0 Å². The predicted molar refractivity (Wildman–Crippen MR) is 66.6 cm³/mol. The van der Waals surface area contributed by atoms with E-state index in [0.717, 1.165) is 19.0 Å². The second kappa shape index (κ2) is 5.00. The van der Waals surface area contributed by atoms with Gasteiger partial charge in [-0.05, 0) is 50.8 Å². The SMILES string of the molecule is CCC1CNCCC1c1cnn(C(C)C)c1. The lowest BCUT2D eigenvalue weighted by molar-refractivity contribution is 0.317. The van der Waals surface area contributed by atoms with Crippen molar-refractivity contribution in [3.05, 3.63) is 18.0 Å². The summed E-state index contributed by atoms with van der Waals surface area (Å²) in [6, 6.07) is 0.468. The molecule has 1 N–H and O–H groups in total.